The first kappa shape index (κ1) is 15.5. The lowest BCUT2D eigenvalue weighted by atomic mass is 10.4. The maximum atomic E-state index is 11.9. The molecular weight excluding hydrogens is 361 g/mol. The van der Waals surface area contributed by atoms with Gasteiger partial charge in [0.1, 0.15) is 5.03 Å². The Balaban J connectivity index is 2.31. The summed E-state index contributed by atoms with van der Waals surface area (Å²) < 4.78 is 7.74. The van der Waals surface area contributed by atoms with Gasteiger partial charge in [-0.25, -0.2) is 9.25 Å². The highest BCUT2D eigenvalue weighted by Gasteiger charge is 2.21. The van der Waals surface area contributed by atoms with E-state index in [2.05, 4.69) is 26.2 Å². The fourth-order valence-corrected chi connectivity index (χ4v) is 3.41. The van der Waals surface area contributed by atoms with Gasteiger partial charge in [0, 0.05) is 18.1 Å². The summed E-state index contributed by atoms with van der Waals surface area (Å²) in [7, 11) is 0.399. The normalized spacial score (nSPS) is 11.2. The van der Waals surface area contributed by atoms with Gasteiger partial charge in [-0.1, -0.05) is 32.9 Å². The number of ether oxygens (including phenoxy) is 1. The lowest BCUT2D eigenvalue weighted by Crippen LogP contribution is -2.06. The van der Waals surface area contributed by atoms with Gasteiger partial charge in [0.2, 0.25) is 5.69 Å². The highest BCUT2D eigenvalue weighted by Crippen LogP contribution is 2.33. The summed E-state index contributed by atoms with van der Waals surface area (Å²) in [5, 5.41) is 8.65. The van der Waals surface area contributed by atoms with Gasteiger partial charge in [-0.15, -0.1) is 5.10 Å². The number of nitrogens with zero attached hydrogens (tertiary/aromatic N) is 3. The Hall–Kier alpha value is -0.910. The minimum Gasteiger partial charge on any atom is -0.461 e. The van der Waals surface area contributed by atoms with Crippen LogP contribution in [0.4, 0.5) is 0 Å². The van der Waals surface area contributed by atoms with Gasteiger partial charge in [-0.05, 0) is 37.9 Å². The molecule has 1 atom stereocenters. The topological polar surface area (TPSA) is 57.0 Å². The molecule has 0 saturated heterocycles. The van der Waals surface area contributed by atoms with E-state index in [0.29, 0.717) is 20.4 Å². The second-order valence-electron chi connectivity index (χ2n) is 3.66. The number of benzene rings is 1. The fraction of sp³-hybridized carbons (Fsp3) is 0.250. The first-order valence-corrected chi connectivity index (χ1v) is 8.95. The van der Waals surface area contributed by atoms with Gasteiger partial charge >= 0.3 is 5.97 Å². The van der Waals surface area contributed by atoms with E-state index in [0.717, 1.165) is 9.37 Å². The Morgan fingerprint density at radius 2 is 2.15 bits per heavy atom. The highest BCUT2D eigenvalue weighted by molar-refractivity contribution is 9.10. The van der Waals surface area contributed by atoms with Gasteiger partial charge in [0.05, 0.1) is 6.61 Å². The average Bonchev–Trinajstić information content (AvgIpc) is 2.84. The Labute approximate surface area is 131 Å². The lowest BCUT2D eigenvalue weighted by Gasteiger charge is -2.05. The minimum absolute atomic E-state index is 0.272. The molecule has 8 heteroatoms. The maximum absolute atomic E-state index is 11.9. The molecule has 1 heterocycles. The van der Waals surface area contributed by atoms with Crippen molar-refractivity contribution in [3.63, 3.8) is 0 Å². The molecule has 0 saturated carbocycles. The predicted octanol–water partition coefficient (Wildman–Crippen LogP) is 3.44. The number of hydrogen-bond donors (Lipinski definition) is 0. The fourth-order valence-electron chi connectivity index (χ4n) is 1.45. The number of carbonyl (C=O) groups excluding carboxylic acids is 1. The standard InChI is InChI=1S/C12H13BrN3O2PS/c1-3-18-12(17)10-11(16(19-2)15-14-10)20-9-6-4-8(13)5-7-9/h4-7,19H,3H2,1-2H3. The molecule has 1 aromatic heterocycles. The van der Waals surface area contributed by atoms with Crippen molar-refractivity contribution in [1.29, 1.82) is 0 Å². The van der Waals surface area contributed by atoms with Gasteiger partial charge in [-0.3, -0.25) is 0 Å². The molecule has 2 rings (SSSR count). The summed E-state index contributed by atoms with van der Waals surface area (Å²) in [4.78, 5) is 12.9. The van der Waals surface area contributed by atoms with E-state index in [1.165, 1.54) is 11.8 Å². The molecular formula is C12H13BrN3O2PS. The molecule has 1 unspecified atom stereocenters. The molecule has 1 aromatic carbocycles. The number of esters is 1. The lowest BCUT2D eigenvalue weighted by molar-refractivity contribution is 0.0515. The third-order valence-corrected chi connectivity index (χ3v) is 4.83. The third-order valence-electron chi connectivity index (χ3n) is 2.34. The van der Waals surface area contributed by atoms with E-state index in [1.54, 1.807) is 11.4 Å². The van der Waals surface area contributed by atoms with Crippen LogP contribution in [-0.4, -0.2) is 34.0 Å². The van der Waals surface area contributed by atoms with Crippen molar-refractivity contribution >= 4 is 42.4 Å². The van der Waals surface area contributed by atoms with Crippen molar-refractivity contribution in [1.82, 2.24) is 14.8 Å². The van der Waals surface area contributed by atoms with Crippen LogP contribution < -0.4 is 0 Å². The SMILES string of the molecule is CCOC(=O)c1nnn(PC)c1Sc1ccc(Br)cc1. The zero-order valence-electron chi connectivity index (χ0n) is 11.0. The van der Waals surface area contributed by atoms with E-state index in [9.17, 15) is 4.79 Å². The molecule has 0 aliphatic rings. The second kappa shape index (κ2) is 7.20. The predicted molar refractivity (Wildman–Crippen MR) is 83.9 cm³/mol. The molecule has 0 N–H and O–H groups in total. The maximum Gasteiger partial charge on any atom is 0.361 e. The molecule has 20 heavy (non-hydrogen) atoms. The zero-order chi connectivity index (χ0) is 14.5. The number of aromatic nitrogens is 3. The first-order chi connectivity index (χ1) is 9.65. The van der Waals surface area contributed by atoms with E-state index in [1.807, 2.05) is 30.9 Å². The van der Waals surface area contributed by atoms with Crippen LogP contribution in [0.25, 0.3) is 0 Å². The van der Waals surface area contributed by atoms with E-state index in [-0.39, 0.29) is 5.69 Å². The van der Waals surface area contributed by atoms with E-state index >= 15 is 0 Å². The van der Waals surface area contributed by atoms with Gasteiger partial charge in [0.15, 0.2) is 0 Å². The van der Waals surface area contributed by atoms with Crippen molar-refractivity contribution < 1.29 is 9.53 Å². The summed E-state index contributed by atoms with van der Waals surface area (Å²) in [6.07, 6.45) is 0. The van der Waals surface area contributed by atoms with Crippen molar-refractivity contribution in [3.8, 4) is 0 Å². The number of hydrogen-bond acceptors (Lipinski definition) is 5. The second-order valence-corrected chi connectivity index (χ2v) is 6.50. The molecule has 106 valence electrons. The van der Waals surface area contributed by atoms with Crippen molar-refractivity contribution in [3.05, 3.63) is 34.4 Å². The summed E-state index contributed by atoms with van der Waals surface area (Å²) in [5.41, 5.74) is 0.272. The largest absolute Gasteiger partial charge is 0.461 e. The zero-order valence-corrected chi connectivity index (χ0v) is 14.4. The molecule has 0 amide bonds. The van der Waals surface area contributed by atoms with E-state index < -0.39 is 5.97 Å². The molecule has 2 aromatic rings. The molecule has 0 aliphatic carbocycles. The molecule has 0 bridgehead atoms. The van der Waals surface area contributed by atoms with Crippen LogP contribution in [0.5, 0.6) is 0 Å². The van der Waals surface area contributed by atoms with E-state index in [4.69, 9.17) is 4.74 Å². The quantitative estimate of drug-likeness (QED) is 0.593. The Morgan fingerprint density at radius 1 is 1.45 bits per heavy atom. The van der Waals surface area contributed by atoms with Crippen LogP contribution in [0.15, 0.2) is 38.7 Å². The van der Waals surface area contributed by atoms with Crippen molar-refractivity contribution in [2.24, 2.45) is 0 Å². The summed E-state index contributed by atoms with van der Waals surface area (Å²) in [6, 6.07) is 7.85. The van der Waals surface area contributed by atoms with Crippen molar-refractivity contribution in [2.75, 3.05) is 13.3 Å². The third kappa shape index (κ3) is 3.59. The Morgan fingerprint density at radius 3 is 2.75 bits per heavy atom. The van der Waals surface area contributed by atoms with Gasteiger partial charge < -0.3 is 4.74 Å². The highest BCUT2D eigenvalue weighted by atomic mass is 79.9. The smallest absolute Gasteiger partial charge is 0.361 e. The van der Waals surface area contributed by atoms with Crippen LogP contribution in [0.1, 0.15) is 17.4 Å². The molecule has 0 radical (unpaired) electrons. The minimum atomic E-state index is -0.434. The number of halogens is 1. The number of carbonyl (C=O) groups is 1. The molecule has 0 spiro atoms. The van der Waals surface area contributed by atoms with Crippen LogP contribution in [0.3, 0.4) is 0 Å². The molecule has 0 fully saturated rings. The van der Waals surface area contributed by atoms with Crippen LogP contribution in [0, 0.1) is 0 Å². The van der Waals surface area contributed by atoms with Gasteiger partial charge in [-0.2, -0.15) is 0 Å². The molecule has 5 nitrogen and oxygen atoms in total. The average molecular weight is 374 g/mol. The summed E-state index contributed by atoms with van der Waals surface area (Å²) in [5.74, 6) is -0.434. The first-order valence-electron chi connectivity index (χ1n) is 5.89. The molecule has 0 aliphatic heterocycles. The van der Waals surface area contributed by atoms with Crippen molar-refractivity contribution in [2.45, 2.75) is 16.8 Å². The van der Waals surface area contributed by atoms with Crippen LogP contribution in [0.2, 0.25) is 0 Å². The Kier molecular flexibility index (Phi) is 5.57. The summed E-state index contributed by atoms with van der Waals surface area (Å²) in [6.45, 7) is 4.07. The van der Waals surface area contributed by atoms with Crippen LogP contribution in [-0.2, 0) is 4.74 Å². The monoisotopic (exact) mass is 373 g/mol. The van der Waals surface area contributed by atoms with Crippen LogP contribution >= 0.6 is 36.4 Å². The Bertz CT molecular complexity index is 603. The summed E-state index contributed by atoms with van der Waals surface area (Å²) >= 11 is 4.86. The van der Waals surface area contributed by atoms with Gasteiger partial charge in [0.25, 0.3) is 0 Å². The number of rotatable bonds is 5.